The van der Waals surface area contributed by atoms with Gasteiger partial charge >= 0.3 is 0 Å². The van der Waals surface area contributed by atoms with Crippen molar-refractivity contribution in [2.45, 2.75) is 13.3 Å². The summed E-state index contributed by atoms with van der Waals surface area (Å²) in [7, 11) is 2.03. The second-order valence-corrected chi connectivity index (χ2v) is 6.09. The van der Waals surface area contributed by atoms with Crippen LogP contribution in [0.25, 0.3) is 0 Å². The van der Waals surface area contributed by atoms with Crippen molar-refractivity contribution in [3.8, 4) is 0 Å². The van der Waals surface area contributed by atoms with Gasteiger partial charge in [0.15, 0.2) is 0 Å². The molecule has 3 heteroatoms. The molecule has 25 heavy (non-hydrogen) atoms. The first-order valence-corrected chi connectivity index (χ1v) is 8.37. The van der Waals surface area contributed by atoms with Gasteiger partial charge in [0.1, 0.15) is 0 Å². The molecule has 0 radical (unpaired) electrons. The van der Waals surface area contributed by atoms with Crippen LogP contribution in [-0.2, 0) is 11.2 Å². The third-order valence-electron chi connectivity index (χ3n) is 4.29. The molecule has 0 saturated heterocycles. The molecule has 1 N–H and O–H groups in total. The lowest BCUT2D eigenvalue weighted by Gasteiger charge is -2.19. The maximum Gasteiger partial charge on any atom is 0.228 e. The van der Waals surface area contributed by atoms with Crippen LogP contribution in [0.5, 0.6) is 0 Å². The first kappa shape index (κ1) is 16.8. The molecule has 0 atom stereocenters. The third kappa shape index (κ3) is 4.27. The topological polar surface area (TPSA) is 32.3 Å². The molecule has 3 rings (SSSR count). The van der Waals surface area contributed by atoms with Gasteiger partial charge in [0, 0.05) is 24.1 Å². The van der Waals surface area contributed by atoms with Gasteiger partial charge in [-0.1, -0.05) is 42.5 Å². The molecule has 3 nitrogen and oxygen atoms in total. The van der Waals surface area contributed by atoms with Crippen LogP contribution in [0.3, 0.4) is 0 Å². The highest BCUT2D eigenvalue weighted by molar-refractivity contribution is 5.92. The van der Waals surface area contributed by atoms with E-state index < -0.39 is 0 Å². The summed E-state index contributed by atoms with van der Waals surface area (Å²) in [4.78, 5) is 14.4. The lowest BCUT2D eigenvalue weighted by Crippen LogP contribution is -2.15. The van der Waals surface area contributed by atoms with Crippen LogP contribution in [-0.4, -0.2) is 13.0 Å². The monoisotopic (exact) mass is 330 g/mol. The molecule has 0 saturated carbocycles. The van der Waals surface area contributed by atoms with Gasteiger partial charge < -0.3 is 10.2 Å². The van der Waals surface area contributed by atoms with E-state index in [0.29, 0.717) is 6.42 Å². The fraction of sp³-hybridized carbons (Fsp3) is 0.136. The van der Waals surface area contributed by atoms with Crippen molar-refractivity contribution >= 4 is 23.0 Å². The van der Waals surface area contributed by atoms with Crippen LogP contribution in [0.15, 0.2) is 78.9 Å². The molecule has 0 fully saturated rings. The molecular weight excluding hydrogens is 308 g/mol. The zero-order chi connectivity index (χ0) is 17.6. The van der Waals surface area contributed by atoms with E-state index in [4.69, 9.17) is 0 Å². The summed E-state index contributed by atoms with van der Waals surface area (Å²) in [6.45, 7) is 2.02. The minimum Gasteiger partial charge on any atom is -0.345 e. The van der Waals surface area contributed by atoms with Gasteiger partial charge in [-0.2, -0.15) is 0 Å². The highest BCUT2D eigenvalue weighted by atomic mass is 16.1. The van der Waals surface area contributed by atoms with Crippen molar-refractivity contribution in [3.63, 3.8) is 0 Å². The first-order chi connectivity index (χ1) is 12.1. The summed E-state index contributed by atoms with van der Waals surface area (Å²) < 4.78 is 0. The molecule has 126 valence electrons. The molecule has 3 aromatic carbocycles. The van der Waals surface area contributed by atoms with E-state index in [1.54, 1.807) is 0 Å². The van der Waals surface area contributed by atoms with Gasteiger partial charge in [0.05, 0.1) is 6.42 Å². The smallest absolute Gasteiger partial charge is 0.228 e. The number of nitrogens with one attached hydrogen (secondary N) is 1. The van der Waals surface area contributed by atoms with Gasteiger partial charge in [0.2, 0.25) is 5.91 Å². The Morgan fingerprint density at radius 2 is 1.44 bits per heavy atom. The van der Waals surface area contributed by atoms with E-state index in [1.165, 1.54) is 0 Å². The number of hydrogen-bond donors (Lipinski definition) is 1. The van der Waals surface area contributed by atoms with Crippen LogP contribution in [0, 0.1) is 6.92 Å². The van der Waals surface area contributed by atoms with E-state index in [1.807, 2.05) is 80.7 Å². The summed E-state index contributed by atoms with van der Waals surface area (Å²) in [6.07, 6.45) is 0.387. The number of para-hydroxylation sites is 1. The average molecular weight is 330 g/mol. The standard InChI is InChI=1S/C22H22N2O/c1-17-8-6-7-9-18(17)16-22(25)23-19-12-14-21(15-13-19)24(2)20-10-4-3-5-11-20/h3-15H,16H2,1-2H3,(H,23,25). The Bertz CT molecular complexity index is 841. The average Bonchev–Trinajstić information content (AvgIpc) is 2.64. The molecule has 0 spiro atoms. The minimum atomic E-state index is -0.00142. The van der Waals surface area contributed by atoms with E-state index >= 15 is 0 Å². The Morgan fingerprint density at radius 3 is 2.12 bits per heavy atom. The molecule has 0 unspecified atom stereocenters. The van der Waals surface area contributed by atoms with Crippen molar-refractivity contribution in [1.82, 2.24) is 0 Å². The molecule has 0 aliphatic heterocycles. The fourth-order valence-corrected chi connectivity index (χ4v) is 2.76. The number of carbonyl (C=O) groups excluding carboxylic acids is 1. The number of carbonyl (C=O) groups is 1. The molecule has 3 aromatic rings. The Morgan fingerprint density at radius 1 is 0.840 bits per heavy atom. The molecule has 0 aliphatic rings. The number of aryl methyl sites for hydroxylation is 1. The number of amides is 1. The van der Waals surface area contributed by atoms with Crippen LogP contribution in [0.2, 0.25) is 0 Å². The molecule has 0 aliphatic carbocycles. The SMILES string of the molecule is Cc1ccccc1CC(=O)Nc1ccc(N(C)c2ccccc2)cc1. The second-order valence-electron chi connectivity index (χ2n) is 6.09. The van der Waals surface area contributed by atoms with Crippen LogP contribution >= 0.6 is 0 Å². The zero-order valence-electron chi connectivity index (χ0n) is 14.6. The molecule has 0 heterocycles. The number of anilines is 3. The van der Waals surface area contributed by atoms with E-state index in [0.717, 1.165) is 28.2 Å². The van der Waals surface area contributed by atoms with Crippen molar-refractivity contribution in [2.75, 3.05) is 17.3 Å². The van der Waals surface area contributed by atoms with Gasteiger partial charge in [-0.3, -0.25) is 4.79 Å². The summed E-state index contributed by atoms with van der Waals surface area (Å²) in [5.74, 6) is -0.00142. The van der Waals surface area contributed by atoms with Crippen molar-refractivity contribution < 1.29 is 4.79 Å². The third-order valence-corrected chi connectivity index (χ3v) is 4.29. The summed E-state index contributed by atoms with van der Waals surface area (Å²) in [6, 6.07) is 26.0. The summed E-state index contributed by atoms with van der Waals surface area (Å²) in [5.41, 5.74) is 5.20. The normalized spacial score (nSPS) is 10.3. The Labute approximate surface area is 148 Å². The molecular formula is C22H22N2O. The number of benzene rings is 3. The van der Waals surface area contributed by atoms with Crippen LogP contribution in [0.4, 0.5) is 17.1 Å². The van der Waals surface area contributed by atoms with E-state index in [9.17, 15) is 4.79 Å². The fourth-order valence-electron chi connectivity index (χ4n) is 2.76. The number of nitrogens with zero attached hydrogens (tertiary/aromatic N) is 1. The van der Waals surface area contributed by atoms with Gasteiger partial charge in [-0.15, -0.1) is 0 Å². The van der Waals surface area contributed by atoms with Gasteiger partial charge in [0.25, 0.3) is 0 Å². The molecule has 0 bridgehead atoms. The lowest BCUT2D eigenvalue weighted by molar-refractivity contribution is -0.115. The maximum absolute atomic E-state index is 12.3. The highest BCUT2D eigenvalue weighted by Crippen LogP contribution is 2.24. The quantitative estimate of drug-likeness (QED) is 0.718. The minimum absolute atomic E-state index is 0.00142. The lowest BCUT2D eigenvalue weighted by atomic mass is 10.1. The van der Waals surface area contributed by atoms with Crippen molar-refractivity contribution in [3.05, 3.63) is 90.0 Å². The largest absolute Gasteiger partial charge is 0.345 e. The van der Waals surface area contributed by atoms with Gasteiger partial charge in [-0.05, 0) is 54.4 Å². The van der Waals surface area contributed by atoms with Crippen molar-refractivity contribution in [1.29, 1.82) is 0 Å². The van der Waals surface area contributed by atoms with Crippen molar-refractivity contribution in [2.24, 2.45) is 0 Å². The Balaban J connectivity index is 1.64. The van der Waals surface area contributed by atoms with Crippen LogP contribution in [0.1, 0.15) is 11.1 Å². The number of hydrogen-bond acceptors (Lipinski definition) is 2. The number of rotatable bonds is 5. The Kier molecular flexibility index (Phi) is 5.14. The van der Waals surface area contributed by atoms with Crippen LogP contribution < -0.4 is 10.2 Å². The predicted molar refractivity (Wildman–Crippen MR) is 104 cm³/mol. The summed E-state index contributed by atoms with van der Waals surface area (Å²) >= 11 is 0. The van der Waals surface area contributed by atoms with E-state index in [-0.39, 0.29) is 5.91 Å². The van der Waals surface area contributed by atoms with Gasteiger partial charge in [-0.25, -0.2) is 0 Å². The molecule has 1 amide bonds. The zero-order valence-corrected chi connectivity index (χ0v) is 14.6. The summed E-state index contributed by atoms with van der Waals surface area (Å²) in [5, 5.41) is 2.97. The molecule has 0 aromatic heterocycles. The Hall–Kier alpha value is -3.07. The first-order valence-electron chi connectivity index (χ1n) is 8.37. The highest BCUT2D eigenvalue weighted by Gasteiger charge is 2.07. The maximum atomic E-state index is 12.3. The predicted octanol–water partition coefficient (Wildman–Crippen LogP) is 4.94. The second kappa shape index (κ2) is 7.67. The van der Waals surface area contributed by atoms with E-state index in [2.05, 4.69) is 22.3 Å².